The Hall–Kier alpha value is -2.60. The lowest BCUT2D eigenvalue weighted by molar-refractivity contribution is 0.0538. The van der Waals surface area contributed by atoms with Gasteiger partial charge in [0, 0.05) is 6.20 Å². The Labute approximate surface area is 133 Å². The molecule has 0 aliphatic rings. The predicted octanol–water partition coefficient (Wildman–Crippen LogP) is 2.34. The van der Waals surface area contributed by atoms with Crippen molar-refractivity contribution in [1.29, 1.82) is 0 Å². The SMILES string of the molecule is CC[C@@H](CO)N(Cc1ccco1)C(=O)c1cc2ccccn2n1. The minimum atomic E-state index is -0.280. The molecule has 3 heterocycles. The average Bonchev–Trinajstić information content (AvgIpc) is 3.23. The van der Waals surface area contributed by atoms with Gasteiger partial charge in [-0.05, 0) is 36.8 Å². The Morgan fingerprint density at radius 3 is 2.91 bits per heavy atom. The van der Waals surface area contributed by atoms with Crippen LogP contribution in [0.4, 0.5) is 0 Å². The number of aliphatic hydroxyl groups is 1. The van der Waals surface area contributed by atoms with Crippen molar-refractivity contribution < 1.29 is 14.3 Å². The number of rotatable bonds is 6. The second-order valence-electron chi connectivity index (χ2n) is 5.36. The molecule has 1 atom stereocenters. The van der Waals surface area contributed by atoms with Gasteiger partial charge in [0.05, 0.1) is 31.0 Å². The molecule has 0 saturated carbocycles. The molecule has 0 aliphatic heterocycles. The molecule has 0 unspecified atom stereocenters. The largest absolute Gasteiger partial charge is 0.467 e. The summed E-state index contributed by atoms with van der Waals surface area (Å²) in [5, 5.41) is 13.9. The zero-order valence-corrected chi connectivity index (χ0v) is 12.9. The first-order chi connectivity index (χ1) is 11.2. The molecule has 0 spiro atoms. The number of furan rings is 1. The first-order valence-electron chi connectivity index (χ1n) is 7.61. The minimum absolute atomic E-state index is 0.101. The van der Waals surface area contributed by atoms with E-state index in [1.807, 2.05) is 31.2 Å². The summed E-state index contributed by atoms with van der Waals surface area (Å²) in [5.41, 5.74) is 1.21. The fourth-order valence-electron chi connectivity index (χ4n) is 2.57. The lowest BCUT2D eigenvalue weighted by Gasteiger charge is -2.28. The molecule has 0 radical (unpaired) electrons. The number of hydrogen-bond donors (Lipinski definition) is 1. The molecule has 120 valence electrons. The third-order valence-electron chi connectivity index (χ3n) is 3.88. The van der Waals surface area contributed by atoms with E-state index in [0.29, 0.717) is 24.4 Å². The van der Waals surface area contributed by atoms with Crippen LogP contribution >= 0.6 is 0 Å². The van der Waals surface area contributed by atoms with E-state index in [2.05, 4.69) is 5.10 Å². The Bertz CT molecular complexity index is 742. The minimum Gasteiger partial charge on any atom is -0.467 e. The molecule has 1 N–H and O–H groups in total. The highest BCUT2D eigenvalue weighted by molar-refractivity contribution is 5.93. The second kappa shape index (κ2) is 6.66. The molecule has 1 amide bonds. The van der Waals surface area contributed by atoms with E-state index in [1.54, 1.807) is 34.0 Å². The van der Waals surface area contributed by atoms with Crippen LogP contribution in [0, 0.1) is 0 Å². The van der Waals surface area contributed by atoms with Gasteiger partial charge in [-0.1, -0.05) is 13.0 Å². The molecule has 0 fully saturated rings. The summed E-state index contributed by atoms with van der Waals surface area (Å²) in [4.78, 5) is 14.5. The van der Waals surface area contributed by atoms with E-state index in [1.165, 1.54) is 0 Å². The maximum atomic E-state index is 12.9. The molecule has 6 heteroatoms. The van der Waals surface area contributed by atoms with Gasteiger partial charge in [-0.3, -0.25) is 4.79 Å². The fourth-order valence-corrected chi connectivity index (χ4v) is 2.57. The first-order valence-corrected chi connectivity index (χ1v) is 7.61. The number of aliphatic hydroxyl groups excluding tert-OH is 1. The molecule has 3 aromatic rings. The van der Waals surface area contributed by atoms with Crippen LogP contribution in [0.15, 0.2) is 53.3 Å². The third kappa shape index (κ3) is 3.12. The average molecular weight is 313 g/mol. The molecular weight excluding hydrogens is 294 g/mol. The fraction of sp³-hybridized carbons (Fsp3) is 0.294. The summed E-state index contributed by atoms with van der Waals surface area (Å²) in [6.07, 6.45) is 4.02. The van der Waals surface area contributed by atoms with Gasteiger partial charge in [0.2, 0.25) is 0 Å². The Kier molecular flexibility index (Phi) is 4.43. The molecule has 0 aliphatic carbocycles. The lowest BCUT2D eigenvalue weighted by atomic mass is 10.1. The zero-order chi connectivity index (χ0) is 16.2. The number of carbonyl (C=O) groups is 1. The van der Waals surface area contributed by atoms with Gasteiger partial charge in [-0.25, -0.2) is 4.52 Å². The molecule has 23 heavy (non-hydrogen) atoms. The quantitative estimate of drug-likeness (QED) is 0.758. The van der Waals surface area contributed by atoms with E-state index < -0.39 is 0 Å². The van der Waals surface area contributed by atoms with Crippen molar-refractivity contribution in [3.63, 3.8) is 0 Å². The van der Waals surface area contributed by atoms with Crippen molar-refractivity contribution in [2.75, 3.05) is 6.61 Å². The molecule has 6 nitrogen and oxygen atoms in total. The summed E-state index contributed by atoms with van der Waals surface area (Å²) < 4.78 is 7.01. The molecule has 0 saturated heterocycles. The summed E-state index contributed by atoms with van der Waals surface area (Å²) >= 11 is 0. The van der Waals surface area contributed by atoms with Crippen LogP contribution in [0.5, 0.6) is 0 Å². The van der Waals surface area contributed by atoms with Crippen molar-refractivity contribution in [1.82, 2.24) is 14.5 Å². The smallest absolute Gasteiger partial charge is 0.275 e. The van der Waals surface area contributed by atoms with Gasteiger partial charge in [-0.2, -0.15) is 5.10 Å². The van der Waals surface area contributed by atoms with E-state index >= 15 is 0 Å². The van der Waals surface area contributed by atoms with Gasteiger partial charge in [-0.15, -0.1) is 0 Å². The topological polar surface area (TPSA) is 71.0 Å². The number of hydrogen-bond acceptors (Lipinski definition) is 4. The summed E-state index contributed by atoms with van der Waals surface area (Å²) in [5.74, 6) is 0.458. The van der Waals surface area contributed by atoms with Gasteiger partial charge in [0.15, 0.2) is 5.69 Å². The van der Waals surface area contributed by atoms with Crippen LogP contribution in [0.25, 0.3) is 5.52 Å². The van der Waals surface area contributed by atoms with Crippen LogP contribution in [0.2, 0.25) is 0 Å². The summed E-state index contributed by atoms with van der Waals surface area (Å²) in [6, 6.07) is 10.7. The Morgan fingerprint density at radius 2 is 2.26 bits per heavy atom. The summed E-state index contributed by atoms with van der Waals surface area (Å²) in [6.45, 7) is 2.14. The van der Waals surface area contributed by atoms with Crippen molar-refractivity contribution in [2.45, 2.75) is 25.9 Å². The van der Waals surface area contributed by atoms with Crippen LogP contribution in [0.1, 0.15) is 29.6 Å². The van der Waals surface area contributed by atoms with Gasteiger partial charge >= 0.3 is 0 Å². The first kappa shape index (κ1) is 15.3. The van der Waals surface area contributed by atoms with Gasteiger partial charge in [0.1, 0.15) is 5.76 Å². The molecular formula is C17H19N3O3. The normalized spacial score (nSPS) is 12.4. The van der Waals surface area contributed by atoms with E-state index in [9.17, 15) is 9.90 Å². The number of fused-ring (bicyclic) bond motifs is 1. The predicted molar refractivity (Wildman–Crippen MR) is 84.9 cm³/mol. The van der Waals surface area contributed by atoms with E-state index in [-0.39, 0.29) is 18.6 Å². The van der Waals surface area contributed by atoms with Crippen molar-refractivity contribution in [3.05, 3.63) is 60.3 Å². The zero-order valence-electron chi connectivity index (χ0n) is 12.9. The Morgan fingerprint density at radius 1 is 1.39 bits per heavy atom. The maximum absolute atomic E-state index is 12.9. The molecule has 0 bridgehead atoms. The van der Waals surface area contributed by atoms with Gasteiger partial charge < -0.3 is 14.4 Å². The summed E-state index contributed by atoms with van der Waals surface area (Å²) in [7, 11) is 0. The number of carbonyl (C=O) groups excluding carboxylic acids is 1. The number of amides is 1. The van der Waals surface area contributed by atoms with Crippen LogP contribution in [0.3, 0.4) is 0 Å². The van der Waals surface area contributed by atoms with Crippen molar-refractivity contribution >= 4 is 11.4 Å². The van der Waals surface area contributed by atoms with Crippen LogP contribution in [-0.2, 0) is 6.54 Å². The molecule has 3 rings (SSSR count). The Balaban J connectivity index is 1.92. The van der Waals surface area contributed by atoms with Crippen LogP contribution < -0.4 is 0 Å². The highest BCUT2D eigenvalue weighted by Gasteiger charge is 2.26. The maximum Gasteiger partial charge on any atom is 0.275 e. The van der Waals surface area contributed by atoms with Crippen LogP contribution in [-0.4, -0.2) is 38.2 Å². The highest BCUT2D eigenvalue weighted by Crippen LogP contribution is 2.16. The van der Waals surface area contributed by atoms with E-state index in [0.717, 1.165) is 5.52 Å². The molecule has 3 aromatic heterocycles. The lowest BCUT2D eigenvalue weighted by Crippen LogP contribution is -2.41. The second-order valence-corrected chi connectivity index (χ2v) is 5.36. The van der Waals surface area contributed by atoms with E-state index in [4.69, 9.17) is 4.42 Å². The van der Waals surface area contributed by atoms with Crippen molar-refractivity contribution in [3.8, 4) is 0 Å². The number of pyridine rings is 1. The molecule has 0 aromatic carbocycles. The van der Waals surface area contributed by atoms with Crippen molar-refractivity contribution in [2.24, 2.45) is 0 Å². The third-order valence-corrected chi connectivity index (χ3v) is 3.88. The standard InChI is InChI=1S/C17H19N3O3/c1-2-13(12-21)19(11-15-7-5-9-23-15)17(22)16-10-14-6-3-4-8-20(14)18-16/h3-10,13,21H,2,11-12H2,1H3/t13-/m0/s1. The number of aromatic nitrogens is 2. The monoisotopic (exact) mass is 313 g/mol. The number of nitrogens with zero attached hydrogens (tertiary/aromatic N) is 3. The van der Waals surface area contributed by atoms with Gasteiger partial charge in [0.25, 0.3) is 5.91 Å². The highest BCUT2D eigenvalue weighted by atomic mass is 16.3.